The lowest BCUT2D eigenvalue weighted by Gasteiger charge is -2.18. The second-order valence-electron chi connectivity index (χ2n) is 4.99. The van der Waals surface area contributed by atoms with Crippen molar-refractivity contribution < 1.29 is 4.79 Å². The minimum Gasteiger partial charge on any atom is -0.305 e. The number of carbonyl (C=O) groups excluding carboxylic acids is 1. The van der Waals surface area contributed by atoms with Gasteiger partial charge in [0.05, 0.1) is 0 Å². The van der Waals surface area contributed by atoms with Crippen LogP contribution in [0.4, 0.5) is 0 Å². The summed E-state index contributed by atoms with van der Waals surface area (Å²) in [5.74, 6) is 1.62. The standard InChI is InChI=1S/C15H16NOS/c1-16-9-12(14-7-4-8-18-14)13(10-16)15(17)11-5-2-3-6-11/h2-8,12-13H,9-10H2,1H3. The van der Waals surface area contributed by atoms with E-state index in [0.29, 0.717) is 11.7 Å². The van der Waals surface area contributed by atoms with Crippen LogP contribution < -0.4 is 0 Å². The normalized spacial score (nSPS) is 30.1. The Morgan fingerprint density at radius 2 is 2.11 bits per heavy atom. The maximum atomic E-state index is 12.5. The zero-order valence-electron chi connectivity index (χ0n) is 10.4. The number of carbonyl (C=O) groups is 1. The van der Waals surface area contributed by atoms with Crippen LogP contribution in [0.2, 0.25) is 0 Å². The van der Waals surface area contributed by atoms with E-state index in [0.717, 1.165) is 19.0 Å². The number of likely N-dealkylation sites (tertiary alicyclic amines) is 1. The summed E-state index contributed by atoms with van der Waals surface area (Å²) in [6.45, 7) is 1.85. The van der Waals surface area contributed by atoms with Gasteiger partial charge in [0.1, 0.15) is 5.78 Å². The van der Waals surface area contributed by atoms with Crippen molar-refractivity contribution in [3.8, 4) is 0 Å². The summed E-state index contributed by atoms with van der Waals surface area (Å²) in [5.41, 5.74) is 0. The Balaban J connectivity index is 1.78. The first-order chi connectivity index (χ1) is 8.75. The molecule has 2 atom stereocenters. The summed E-state index contributed by atoms with van der Waals surface area (Å²) in [6, 6.07) is 4.22. The van der Waals surface area contributed by atoms with Crippen LogP contribution in [-0.4, -0.2) is 30.8 Å². The number of thiophene rings is 1. The lowest BCUT2D eigenvalue weighted by atomic mass is 9.84. The highest BCUT2D eigenvalue weighted by molar-refractivity contribution is 7.10. The van der Waals surface area contributed by atoms with Crippen molar-refractivity contribution in [1.29, 1.82) is 0 Å². The molecule has 0 aromatic carbocycles. The Bertz CT molecular complexity index is 408. The first-order valence-electron chi connectivity index (χ1n) is 6.23. The molecule has 1 aromatic heterocycles. The monoisotopic (exact) mass is 258 g/mol. The van der Waals surface area contributed by atoms with Crippen molar-refractivity contribution in [2.24, 2.45) is 5.92 Å². The number of Topliss-reactive ketones (excluding diaryl/α,β-unsaturated/α-hetero) is 1. The highest BCUT2D eigenvalue weighted by Gasteiger charge is 2.41. The maximum Gasteiger partial charge on any atom is 0.145 e. The second kappa shape index (κ2) is 5.14. The highest BCUT2D eigenvalue weighted by Crippen LogP contribution is 2.38. The van der Waals surface area contributed by atoms with Gasteiger partial charge in [-0.05, 0) is 44.2 Å². The number of rotatable bonds is 3. The maximum absolute atomic E-state index is 12.5. The third-order valence-electron chi connectivity index (χ3n) is 3.70. The fourth-order valence-electron chi connectivity index (χ4n) is 2.81. The van der Waals surface area contributed by atoms with E-state index in [9.17, 15) is 4.79 Å². The van der Waals surface area contributed by atoms with Crippen molar-refractivity contribution in [1.82, 2.24) is 4.90 Å². The van der Waals surface area contributed by atoms with Crippen molar-refractivity contribution in [2.45, 2.75) is 5.92 Å². The van der Waals surface area contributed by atoms with Gasteiger partial charge >= 0.3 is 0 Å². The fourth-order valence-corrected chi connectivity index (χ4v) is 3.69. The molecule has 2 unspecified atom stereocenters. The molecule has 3 heteroatoms. The number of hydrogen-bond donors (Lipinski definition) is 0. The van der Waals surface area contributed by atoms with E-state index in [4.69, 9.17) is 0 Å². The summed E-state index contributed by atoms with van der Waals surface area (Å²) >= 11 is 1.76. The lowest BCUT2D eigenvalue weighted by Crippen LogP contribution is -2.26. The summed E-state index contributed by atoms with van der Waals surface area (Å²) in [6.07, 6.45) is 7.72. The number of hydrogen-bond acceptors (Lipinski definition) is 3. The second-order valence-corrected chi connectivity index (χ2v) is 5.97. The highest BCUT2D eigenvalue weighted by atomic mass is 32.1. The average molecular weight is 258 g/mol. The van der Waals surface area contributed by atoms with Gasteiger partial charge in [-0.15, -0.1) is 11.3 Å². The van der Waals surface area contributed by atoms with Gasteiger partial charge in [0, 0.05) is 35.7 Å². The summed E-state index contributed by atoms with van der Waals surface area (Å²) in [5, 5.41) is 2.09. The van der Waals surface area contributed by atoms with Crippen molar-refractivity contribution in [3.05, 3.63) is 54.0 Å². The SMILES string of the molecule is CN1CC(C(=O)[C]2[CH][CH][CH][CH]2)C(c2cccs2)C1. The molecule has 93 valence electrons. The molecule has 2 nitrogen and oxygen atoms in total. The molecule has 1 aliphatic heterocycles. The summed E-state index contributed by atoms with van der Waals surface area (Å²) in [7, 11) is 2.10. The average Bonchev–Trinajstić information content (AvgIpc) is 3.09. The predicted octanol–water partition coefficient (Wildman–Crippen LogP) is 2.37. The zero-order valence-corrected chi connectivity index (χ0v) is 11.2. The van der Waals surface area contributed by atoms with Gasteiger partial charge in [-0.3, -0.25) is 4.79 Å². The molecule has 1 aromatic rings. The Morgan fingerprint density at radius 3 is 2.78 bits per heavy atom. The summed E-state index contributed by atoms with van der Waals surface area (Å²) < 4.78 is 0. The molecule has 0 bridgehead atoms. The molecule has 0 amide bonds. The van der Waals surface area contributed by atoms with Crippen LogP contribution in [0.15, 0.2) is 17.5 Å². The quantitative estimate of drug-likeness (QED) is 0.829. The van der Waals surface area contributed by atoms with E-state index < -0.39 is 0 Å². The van der Waals surface area contributed by atoms with Gasteiger partial charge in [-0.1, -0.05) is 6.07 Å². The minimum atomic E-state index is 0.107. The van der Waals surface area contributed by atoms with Crippen LogP contribution in [-0.2, 0) is 4.79 Å². The van der Waals surface area contributed by atoms with Crippen molar-refractivity contribution in [2.75, 3.05) is 20.1 Å². The third kappa shape index (κ3) is 2.26. The Morgan fingerprint density at radius 1 is 1.33 bits per heavy atom. The van der Waals surface area contributed by atoms with Gasteiger partial charge in [0.15, 0.2) is 0 Å². The summed E-state index contributed by atoms with van der Waals surface area (Å²) in [4.78, 5) is 16.1. The van der Waals surface area contributed by atoms with E-state index in [1.54, 1.807) is 11.3 Å². The molecule has 2 aliphatic rings. The molecule has 0 spiro atoms. The molecular formula is C15H16NOS. The molecule has 1 saturated heterocycles. The van der Waals surface area contributed by atoms with E-state index >= 15 is 0 Å². The number of likely N-dealkylation sites (N-methyl/N-ethyl adjacent to an activating group) is 1. The van der Waals surface area contributed by atoms with Crippen LogP contribution in [0, 0.1) is 37.5 Å². The first kappa shape index (κ1) is 12.4. The molecule has 2 heterocycles. The van der Waals surface area contributed by atoms with Crippen LogP contribution in [0.3, 0.4) is 0 Å². The molecule has 1 saturated carbocycles. The fraction of sp³-hybridized carbons (Fsp3) is 0.333. The van der Waals surface area contributed by atoms with E-state index in [2.05, 4.69) is 29.5 Å². The Hall–Kier alpha value is -0.670. The van der Waals surface area contributed by atoms with Gasteiger partial charge in [-0.25, -0.2) is 0 Å². The smallest absolute Gasteiger partial charge is 0.145 e. The number of nitrogens with zero attached hydrogens (tertiary/aromatic N) is 1. The lowest BCUT2D eigenvalue weighted by molar-refractivity contribution is -0.120. The molecule has 3 rings (SSSR count). The van der Waals surface area contributed by atoms with Crippen LogP contribution in [0.5, 0.6) is 0 Å². The van der Waals surface area contributed by atoms with E-state index in [1.807, 2.05) is 25.7 Å². The predicted molar refractivity (Wildman–Crippen MR) is 73.5 cm³/mol. The first-order valence-corrected chi connectivity index (χ1v) is 7.11. The van der Waals surface area contributed by atoms with Gasteiger partial charge < -0.3 is 4.90 Å². The van der Waals surface area contributed by atoms with Crippen molar-refractivity contribution >= 4 is 17.1 Å². The van der Waals surface area contributed by atoms with Crippen LogP contribution in [0.25, 0.3) is 0 Å². The minimum absolute atomic E-state index is 0.107. The van der Waals surface area contributed by atoms with Crippen LogP contribution in [0.1, 0.15) is 10.8 Å². The van der Waals surface area contributed by atoms with E-state index in [1.165, 1.54) is 4.88 Å². The third-order valence-corrected chi connectivity index (χ3v) is 4.70. The number of ketones is 1. The van der Waals surface area contributed by atoms with Gasteiger partial charge in [-0.2, -0.15) is 0 Å². The molecule has 18 heavy (non-hydrogen) atoms. The molecule has 5 radical (unpaired) electrons. The molecular weight excluding hydrogens is 242 g/mol. The molecule has 0 N–H and O–H groups in total. The Kier molecular flexibility index (Phi) is 3.53. The zero-order chi connectivity index (χ0) is 12.5. The van der Waals surface area contributed by atoms with Gasteiger partial charge in [0.2, 0.25) is 0 Å². The van der Waals surface area contributed by atoms with E-state index in [-0.39, 0.29) is 5.92 Å². The van der Waals surface area contributed by atoms with Crippen LogP contribution >= 0.6 is 11.3 Å². The van der Waals surface area contributed by atoms with Crippen molar-refractivity contribution in [3.63, 3.8) is 0 Å². The topological polar surface area (TPSA) is 20.3 Å². The molecule has 2 fully saturated rings. The van der Waals surface area contributed by atoms with Gasteiger partial charge in [0.25, 0.3) is 0 Å². The largest absolute Gasteiger partial charge is 0.305 e. The Labute approximate surface area is 113 Å². The molecule has 1 aliphatic carbocycles.